The molecule has 0 radical (unpaired) electrons. The molecule has 32 heavy (non-hydrogen) atoms. The van der Waals surface area contributed by atoms with E-state index in [9.17, 15) is 14.4 Å². The van der Waals surface area contributed by atoms with Crippen molar-refractivity contribution < 1.29 is 23.9 Å². The summed E-state index contributed by atoms with van der Waals surface area (Å²) >= 11 is 1.23. The minimum atomic E-state index is -0.891. The number of hydrogen-bond acceptors (Lipinski definition) is 6. The third-order valence-corrected chi connectivity index (χ3v) is 6.25. The average molecular weight is 457 g/mol. The lowest BCUT2D eigenvalue weighted by molar-refractivity contribution is -0.129. The summed E-state index contributed by atoms with van der Waals surface area (Å²) in [6, 6.07) is 14.1. The number of methoxy groups -OCH3 is 1. The fraction of sp³-hybridized carbons (Fsp3) is 0.375. The van der Waals surface area contributed by atoms with Crippen LogP contribution in [0.25, 0.3) is 0 Å². The highest BCUT2D eigenvalue weighted by atomic mass is 32.2. The standard InChI is InChI=1S/C24H28N2O5S/c1-16(23(28)26-17-8-3-4-9-17)31-24(29)20-12-5-6-13-21(20)32-15-22(27)25-18-10-7-11-19(14-18)30-2/h5-7,10-14,16-17H,3-4,8-9,15H2,1-2H3,(H,25,27)(H,26,28). The Morgan fingerprint density at radius 1 is 1.09 bits per heavy atom. The second-order valence-electron chi connectivity index (χ2n) is 7.60. The molecule has 1 unspecified atom stereocenters. The van der Waals surface area contributed by atoms with Gasteiger partial charge in [0.15, 0.2) is 6.10 Å². The summed E-state index contributed by atoms with van der Waals surface area (Å²) in [6.45, 7) is 1.57. The summed E-state index contributed by atoms with van der Waals surface area (Å²) in [6.07, 6.45) is 3.25. The molecule has 8 heteroatoms. The van der Waals surface area contributed by atoms with Gasteiger partial charge in [-0.1, -0.05) is 31.0 Å². The van der Waals surface area contributed by atoms with Crippen molar-refractivity contribution in [3.63, 3.8) is 0 Å². The highest BCUT2D eigenvalue weighted by Gasteiger charge is 2.24. The number of nitrogens with one attached hydrogen (secondary N) is 2. The molecule has 0 saturated heterocycles. The molecule has 170 valence electrons. The molecule has 2 amide bonds. The van der Waals surface area contributed by atoms with E-state index in [1.807, 2.05) is 0 Å². The Balaban J connectivity index is 1.55. The van der Waals surface area contributed by atoms with Gasteiger partial charge >= 0.3 is 5.97 Å². The molecule has 2 aromatic carbocycles. The van der Waals surface area contributed by atoms with E-state index in [1.165, 1.54) is 11.8 Å². The summed E-state index contributed by atoms with van der Waals surface area (Å²) in [5.41, 5.74) is 0.956. The maximum absolute atomic E-state index is 12.7. The van der Waals surface area contributed by atoms with E-state index in [2.05, 4.69) is 10.6 Å². The maximum Gasteiger partial charge on any atom is 0.340 e. The van der Waals surface area contributed by atoms with Crippen molar-refractivity contribution in [1.29, 1.82) is 0 Å². The van der Waals surface area contributed by atoms with Gasteiger partial charge < -0.3 is 20.1 Å². The molecular formula is C24H28N2O5S. The number of esters is 1. The first-order valence-corrected chi connectivity index (χ1v) is 11.6. The van der Waals surface area contributed by atoms with E-state index in [0.29, 0.717) is 21.9 Å². The fourth-order valence-corrected chi connectivity index (χ4v) is 4.31. The van der Waals surface area contributed by atoms with Gasteiger partial charge in [-0.2, -0.15) is 0 Å². The van der Waals surface area contributed by atoms with Crippen LogP contribution < -0.4 is 15.4 Å². The molecule has 2 N–H and O–H groups in total. The van der Waals surface area contributed by atoms with Crippen molar-refractivity contribution in [3.8, 4) is 5.75 Å². The largest absolute Gasteiger partial charge is 0.497 e. The summed E-state index contributed by atoms with van der Waals surface area (Å²) in [4.78, 5) is 38.0. The molecule has 1 aliphatic rings. The van der Waals surface area contributed by atoms with Gasteiger partial charge in [-0.25, -0.2) is 4.79 Å². The van der Waals surface area contributed by atoms with Crippen LogP contribution in [0, 0.1) is 0 Å². The zero-order chi connectivity index (χ0) is 22.9. The van der Waals surface area contributed by atoms with Crippen LogP contribution in [0.5, 0.6) is 5.75 Å². The van der Waals surface area contributed by atoms with Gasteiger partial charge in [0.05, 0.1) is 18.4 Å². The predicted molar refractivity (Wildman–Crippen MR) is 124 cm³/mol. The molecule has 3 rings (SSSR count). The zero-order valence-corrected chi connectivity index (χ0v) is 19.1. The van der Waals surface area contributed by atoms with Gasteiger partial charge in [-0.15, -0.1) is 11.8 Å². The van der Waals surface area contributed by atoms with Crippen LogP contribution in [-0.2, 0) is 14.3 Å². The number of thioether (sulfide) groups is 1. The molecule has 1 atom stereocenters. The topological polar surface area (TPSA) is 93.7 Å². The first-order valence-electron chi connectivity index (χ1n) is 10.6. The Labute approximate surface area is 192 Å². The molecule has 0 spiro atoms. The SMILES string of the molecule is COc1cccc(NC(=O)CSc2ccccc2C(=O)OC(C)C(=O)NC2CCCC2)c1. The molecule has 7 nitrogen and oxygen atoms in total. The van der Waals surface area contributed by atoms with Crippen LogP contribution in [0.3, 0.4) is 0 Å². The van der Waals surface area contributed by atoms with Gasteiger partial charge in [0.2, 0.25) is 5.91 Å². The Morgan fingerprint density at radius 2 is 1.84 bits per heavy atom. The average Bonchev–Trinajstić information content (AvgIpc) is 3.31. The molecule has 0 aliphatic heterocycles. The summed E-state index contributed by atoms with van der Waals surface area (Å²) < 4.78 is 10.6. The predicted octanol–water partition coefficient (Wildman–Crippen LogP) is 4.03. The van der Waals surface area contributed by atoms with Crippen LogP contribution in [0.2, 0.25) is 0 Å². The van der Waals surface area contributed by atoms with Gasteiger partial charge in [0.1, 0.15) is 5.75 Å². The van der Waals surface area contributed by atoms with E-state index in [4.69, 9.17) is 9.47 Å². The van der Waals surface area contributed by atoms with Crippen LogP contribution in [0.4, 0.5) is 5.69 Å². The van der Waals surface area contributed by atoms with Crippen LogP contribution in [0.15, 0.2) is 53.4 Å². The second kappa shape index (κ2) is 11.6. The molecule has 2 aromatic rings. The van der Waals surface area contributed by atoms with Crippen molar-refractivity contribution >= 4 is 35.2 Å². The lowest BCUT2D eigenvalue weighted by atomic mass is 10.2. The number of benzene rings is 2. The van der Waals surface area contributed by atoms with Crippen LogP contribution in [-0.4, -0.2) is 42.8 Å². The summed E-state index contributed by atoms with van der Waals surface area (Å²) in [7, 11) is 1.56. The van der Waals surface area contributed by atoms with E-state index < -0.39 is 12.1 Å². The number of ether oxygens (including phenoxy) is 2. The Kier molecular flexibility index (Phi) is 8.56. The molecule has 1 aliphatic carbocycles. The second-order valence-corrected chi connectivity index (χ2v) is 8.62. The Morgan fingerprint density at radius 3 is 2.59 bits per heavy atom. The molecular weight excluding hydrogens is 428 g/mol. The van der Waals surface area contributed by atoms with Crippen molar-refractivity contribution in [1.82, 2.24) is 5.32 Å². The van der Waals surface area contributed by atoms with Crippen molar-refractivity contribution in [2.24, 2.45) is 0 Å². The van der Waals surface area contributed by atoms with Gasteiger partial charge in [-0.3, -0.25) is 9.59 Å². The van der Waals surface area contributed by atoms with Crippen LogP contribution in [0.1, 0.15) is 43.0 Å². The first-order chi connectivity index (χ1) is 15.5. The number of rotatable bonds is 9. The lowest BCUT2D eigenvalue weighted by Crippen LogP contribution is -2.40. The maximum atomic E-state index is 12.7. The van der Waals surface area contributed by atoms with Crippen LogP contribution >= 0.6 is 11.8 Å². The number of carbonyl (C=O) groups excluding carboxylic acids is 3. The third kappa shape index (κ3) is 6.75. The summed E-state index contributed by atoms with van der Waals surface area (Å²) in [5.74, 6) is -0.326. The van der Waals surface area contributed by atoms with Crippen molar-refractivity contribution in [2.75, 3.05) is 18.2 Å². The van der Waals surface area contributed by atoms with Crippen molar-refractivity contribution in [2.45, 2.75) is 49.6 Å². The first kappa shape index (κ1) is 23.7. The van der Waals surface area contributed by atoms with Gasteiger partial charge in [0, 0.05) is 22.7 Å². The molecule has 1 saturated carbocycles. The molecule has 1 fully saturated rings. The van der Waals surface area contributed by atoms with Gasteiger partial charge in [0.25, 0.3) is 5.91 Å². The number of anilines is 1. The van der Waals surface area contributed by atoms with E-state index in [-0.39, 0.29) is 23.6 Å². The number of amides is 2. The fourth-order valence-electron chi connectivity index (χ4n) is 3.47. The Bertz CT molecular complexity index is 959. The quantitative estimate of drug-likeness (QED) is 0.437. The Hall–Kier alpha value is -3.00. The lowest BCUT2D eigenvalue weighted by Gasteiger charge is -2.17. The monoisotopic (exact) mass is 456 g/mol. The van der Waals surface area contributed by atoms with E-state index in [1.54, 1.807) is 62.6 Å². The summed E-state index contributed by atoms with van der Waals surface area (Å²) in [5, 5.41) is 5.75. The molecule has 0 heterocycles. The number of hydrogen-bond donors (Lipinski definition) is 2. The third-order valence-electron chi connectivity index (χ3n) is 5.17. The normalized spacial score (nSPS) is 14.4. The number of carbonyl (C=O) groups is 3. The molecule has 0 aromatic heterocycles. The van der Waals surface area contributed by atoms with E-state index >= 15 is 0 Å². The van der Waals surface area contributed by atoms with Gasteiger partial charge in [-0.05, 0) is 44.0 Å². The molecule has 0 bridgehead atoms. The highest BCUT2D eigenvalue weighted by molar-refractivity contribution is 8.00. The minimum absolute atomic E-state index is 0.110. The van der Waals surface area contributed by atoms with E-state index in [0.717, 1.165) is 25.7 Å². The van der Waals surface area contributed by atoms with Crippen molar-refractivity contribution in [3.05, 3.63) is 54.1 Å². The zero-order valence-electron chi connectivity index (χ0n) is 18.3. The minimum Gasteiger partial charge on any atom is -0.497 e. The smallest absolute Gasteiger partial charge is 0.340 e. The highest BCUT2D eigenvalue weighted by Crippen LogP contribution is 2.25.